The van der Waals surface area contributed by atoms with Gasteiger partial charge in [0.25, 0.3) is 0 Å². The molecule has 0 fully saturated rings. The van der Waals surface area contributed by atoms with Crippen molar-refractivity contribution in [2.75, 3.05) is 13.1 Å². The standard InChI is InChI=1S/C15H19N5/c1-12-13(10-18-15-16-8-5-9-17-15)11-20(19-12)14-6-3-2-4-7-14/h2-4,6-7,11H,5,8-10H2,1H3,(H2,16,17,18). The van der Waals surface area contributed by atoms with Gasteiger partial charge in [-0.1, -0.05) is 18.2 Å². The third kappa shape index (κ3) is 2.82. The van der Waals surface area contributed by atoms with Crippen LogP contribution in [0.5, 0.6) is 0 Å². The van der Waals surface area contributed by atoms with Crippen LogP contribution in [0.2, 0.25) is 0 Å². The molecule has 0 unspecified atom stereocenters. The number of nitrogens with one attached hydrogen (secondary N) is 2. The number of rotatable bonds is 3. The first-order valence-electron chi connectivity index (χ1n) is 6.96. The molecule has 1 aliphatic heterocycles. The van der Waals surface area contributed by atoms with Gasteiger partial charge in [0.05, 0.1) is 11.4 Å². The van der Waals surface area contributed by atoms with Crippen LogP contribution in [0.25, 0.3) is 5.69 Å². The highest BCUT2D eigenvalue weighted by molar-refractivity contribution is 5.80. The Hall–Kier alpha value is -2.30. The molecular weight excluding hydrogens is 250 g/mol. The maximum atomic E-state index is 4.56. The number of aliphatic imine (C=N–C) groups is 1. The lowest BCUT2D eigenvalue weighted by atomic mass is 10.2. The Morgan fingerprint density at radius 2 is 2.15 bits per heavy atom. The molecule has 2 heterocycles. The zero-order valence-corrected chi connectivity index (χ0v) is 11.6. The monoisotopic (exact) mass is 269 g/mol. The molecule has 5 heteroatoms. The van der Waals surface area contributed by atoms with Gasteiger partial charge in [-0.2, -0.15) is 5.10 Å². The third-order valence-electron chi connectivity index (χ3n) is 3.36. The molecule has 0 atom stereocenters. The molecule has 1 aliphatic rings. The molecule has 1 aromatic carbocycles. The number of guanidine groups is 1. The van der Waals surface area contributed by atoms with Gasteiger partial charge in [-0.05, 0) is 25.5 Å². The van der Waals surface area contributed by atoms with Gasteiger partial charge in [-0.25, -0.2) is 4.68 Å². The van der Waals surface area contributed by atoms with Crippen LogP contribution in [0.15, 0.2) is 41.5 Å². The topological polar surface area (TPSA) is 54.2 Å². The highest BCUT2D eigenvalue weighted by Gasteiger charge is 2.08. The molecule has 104 valence electrons. The summed E-state index contributed by atoms with van der Waals surface area (Å²) in [5, 5.41) is 11.1. The van der Waals surface area contributed by atoms with E-state index in [2.05, 4.69) is 39.1 Å². The van der Waals surface area contributed by atoms with Crippen molar-refractivity contribution < 1.29 is 0 Å². The summed E-state index contributed by atoms with van der Waals surface area (Å²) >= 11 is 0. The largest absolute Gasteiger partial charge is 0.356 e. The van der Waals surface area contributed by atoms with Crippen molar-refractivity contribution in [3.63, 3.8) is 0 Å². The van der Waals surface area contributed by atoms with E-state index < -0.39 is 0 Å². The number of nitrogens with zero attached hydrogens (tertiary/aromatic N) is 3. The highest BCUT2D eigenvalue weighted by Crippen LogP contribution is 2.11. The van der Waals surface area contributed by atoms with E-state index in [1.54, 1.807) is 0 Å². The molecule has 0 bridgehead atoms. The normalized spacial score (nSPS) is 14.6. The van der Waals surface area contributed by atoms with E-state index in [1.165, 1.54) is 5.56 Å². The fourth-order valence-corrected chi connectivity index (χ4v) is 2.21. The molecule has 0 radical (unpaired) electrons. The summed E-state index contributed by atoms with van der Waals surface area (Å²) in [5.74, 6) is 0.892. The van der Waals surface area contributed by atoms with Crippen LogP contribution in [0.1, 0.15) is 17.7 Å². The Kier molecular flexibility index (Phi) is 3.67. The fraction of sp³-hybridized carbons (Fsp3) is 0.333. The van der Waals surface area contributed by atoms with Crippen LogP contribution in [0.4, 0.5) is 0 Å². The summed E-state index contributed by atoms with van der Waals surface area (Å²) < 4.78 is 1.92. The maximum Gasteiger partial charge on any atom is 0.191 e. The summed E-state index contributed by atoms with van der Waals surface area (Å²) in [7, 11) is 0. The number of aryl methyl sites for hydroxylation is 1. The Bertz CT molecular complexity index is 600. The van der Waals surface area contributed by atoms with Crippen molar-refractivity contribution in [1.82, 2.24) is 20.4 Å². The average molecular weight is 269 g/mol. The first-order valence-corrected chi connectivity index (χ1v) is 6.96. The number of aromatic nitrogens is 2. The quantitative estimate of drug-likeness (QED) is 0.890. The summed E-state index contributed by atoms with van der Waals surface area (Å²) in [6, 6.07) is 10.2. The molecule has 20 heavy (non-hydrogen) atoms. The Morgan fingerprint density at radius 3 is 2.90 bits per heavy atom. The molecule has 2 N–H and O–H groups in total. The Morgan fingerprint density at radius 1 is 1.30 bits per heavy atom. The molecule has 0 amide bonds. The van der Waals surface area contributed by atoms with Crippen LogP contribution < -0.4 is 10.6 Å². The van der Waals surface area contributed by atoms with E-state index in [-0.39, 0.29) is 0 Å². The second kappa shape index (κ2) is 5.77. The number of para-hydroxylation sites is 1. The van der Waals surface area contributed by atoms with Crippen LogP contribution in [0, 0.1) is 6.92 Å². The summed E-state index contributed by atoms with van der Waals surface area (Å²) in [4.78, 5) is 4.41. The van der Waals surface area contributed by atoms with Crippen LogP contribution in [-0.4, -0.2) is 28.8 Å². The van der Waals surface area contributed by atoms with Crippen molar-refractivity contribution in [1.29, 1.82) is 0 Å². The van der Waals surface area contributed by atoms with Gasteiger partial charge < -0.3 is 10.6 Å². The van der Waals surface area contributed by atoms with Crippen molar-refractivity contribution in [2.24, 2.45) is 4.99 Å². The van der Waals surface area contributed by atoms with Crippen LogP contribution >= 0.6 is 0 Å². The molecular formula is C15H19N5. The number of hydrogen-bond acceptors (Lipinski definition) is 4. The van der Waals surface area contributed by atoms with Gasteiger partial charge >= 0.3 is 0 Å². The third-order valence-corrected chi connectivity index (χ3v) is 3.36. The first kappa shape index (κ1) is 12.7. The van der Waals surface area contributed by atoms with Gasteiger partial charge in [-0.15, -0.1) is 0 Å². The molecule has 5 nitrogen and oxygen atoms in total. The minimum Gasteiger partial charge on any atom is -0.356 e. The molecule has 0 saturated carbocycles. The summed E-state index contributed by atoms with van der Waals surface area (Å²) in [5.41, 5.74) is 3.30. The lowest BCUT2D eigenvalue weighted by Gasteiger charge is -2.15. The Balaban J connectivity index is 1.71. The molecule has 0 spiro atoms. The SMILES string of the molecule is Cc1nn(-c2ccccc2)cc1CNC1=NCCCN1. The van der Waals surface area contributed by atoms with E-state index >= 15 is 0 Å². The van der Waals surface area contributed by atoms with Gasteiger partial charge in [0.2, 0.25) is 0 Å². The predicted octanol–water partition coefficient (Wildman–Crippen LogP) is 1.62. The highest BCUT2D eigenvalue weighted by atomic mass is 15.3. The number of hydrogen-bond donors (Lipinski definition) is 2. The summed E-state index contributed by atoms with van der Waals surface area (Å²) in [6.07, 6.45) is 3.18. The Labute approximate surface area is 118 Å². The molecule has 0 saturated heterocycles. The van der Waals surface area contributed by atoms with E-state index in [1.807, 2.05) is 29.8 Å². The van der Waals surface area contributed by atoms with Gasteiger partial charge in [0.15, 0.2) is 5.96 Å². The van der Waals surface area contributed by atoms with Crippen molar-refractivity contribution in [2.45, 2.75) is 19.9 Å². The van der Waals surface area contributed by atoms with Gasteiger partial charge in [-0.3, -0.25) is 4.99 Å². The smallest absolute Gasteiger partial charge is 0.191 e. The molecule has 2 aromatic rings. The molecule has 3 rings (SSSR count). The predicted molar refractivity (Wildman–Crippen MR) is 80.1 cm³/mol. The van der Waals surface area contributed by atoms with Crippen LogP contribution in [-0.2, 0) is 6.54 Å². The first-order chi connectivity index (χ1) is 9.83. The summed E-state index contributed by atoms with van der Waals surface area (Å²) in [6.45, 7) is 4.67. The second-order valence-electron chi connectivity index (χ2n) is 4.88. The van der Waals surface area contributed by atoms with E-state index in [0.717, 1.165) is 43.4 Å². The van der Waals surface area contributed by atoms with Crippen molar-refractivity contribution >= 4 is 5.96 Å². The molecule has 1 aromatic heterocycles. The molecule has 0 aliphatic carbocycles. The minimum atomic E-state index is 0.741. The van der Waals surface area contributed by atoms with Crippen LogP contribution in [0.3, 0.4) is 0 Å². The van der Waals surface area contributed by atoms with Crippen molar-refractivity contribution in [3.05, 3.63) is 47.8 Å². The van der Waals surface area contributed by atoms with Crippen molar-refractivity contribution in [3.8, 4) is 5.69 Å². The maximum absolute atomic E-state index is 4.56. The van der Waals surface area contributed by atoms with Gasteiger partial charge in [0, 0.05) is 31.4 Å². The minimum absolute atomic E-state index is 0.741. The fourth-order valence-electron chi connectivity index (χ4n) is 2.21. The van der Waals surface area contributed by atoms with E-state index in [4.69, 9.17) is 0 Å². The zero-order valence-electron chi connectivity index (χ0n) is 11.6. The lowest BCUT2D eigenvalue weighted by Crippen LogP contribution is -2.40. The number of benzene rings is 1. The lowest BCUT2D eigenvalue weighted by molar-refractivity contribution is 0.701. The second-order valence-corrected chi connectivity index (χ2v) is 4.88. The van der Waals surface area contributed by atoms with Gasteiger partial charge in [0.1, 0.15) is 0 Å². The van der Waals surface area contributed by atoms with E-state index in [9.17, 15) is 0 Å². The van der Waals surface area contributed by atoms with E-state index in [0.29, 0.717) is 0 Å². The average Bonchev–Trinajstić information content (AvgIpc) is 2.88. The zero-order chi connectivity index (χ0) is 13.8.